The van der Waals surface area contributed by atoms with E-state index in [0.29, 0.717) is 5.75 Å². The van der Waals surface area contributed by atoms with Crippen LogP contribution in [0.3, 0.4) is 0 Å². The Morgan fingerprint density at radius 2 is 1.87 bits per heavy atom. The van der Waals surface area contributed by atoms with E-state index in [1.54, 1.807) is 0 Å². The second kappa shape index (κ2) is 3.64. The van der Waals surface area contributed by atoms with Crippen LogP contribution in [-0.2, 0) is 0 Å². The standard InChI is InChI=1S/C10H8F3O2/c11-10(12,13)15-9-3-1-2-8(6-9)14-7-4-5-7/h2-3,6-7H,4-5H2. The van der Waals surface area contributed by atoms with Gasteiger partial charge in [-0.25, -0.2) is 0 Å². The van der Waals surface area contributed by atoms with Crippen molar-refractivity contribution in [2.24, 2.45) is 0 Å². The van der Waals surface area contributed by atoms with Crippen LogP contribution in [0, 0.1) is 6.07 Å². The zero-order valence-corrected chi connectivity index (χ0v) is 7.67. The zero-order valence-electron chi connectivity index (χ0n) is 7.67. The van der Waals surface area contributed by atoms with Crippen molar-refractivity contribution in [3.05, 3.63) is 24.3 Å². The Bertz CT molecular complexity index is 345. The maximum atomic E-state index is 11.9. The fraction of sp³-hybridized carbons (Fsp3) is 0.400. The van der Waals surface area contributed by atoms with Crippen LogP contribution >= 0.6 is 0 Å². The molecule has 1 fully saturated rings. The van der Waals surface area contributed by atoms with Crippen LogP contribution in [-0.4, -0.2) is 12.5 Å². The first-order valence-corrected chi connectivity index (χ1v) is 4.46. The summed E-state index contributed by atoms with van der Waals surface area (Å²) < 4.78 is 44.6. The van der Waals surface area contributed by atoms with Crippen molar-refractivity contribution in [1.29, 1.82) is 0 Å². The highest BCUT2D eigenvalue weighted by atomic mass is 19.4. The number of hydrogen-bond donors (Lipinski definition) is 0. The first kappa shape index (κ1) is 10.1. The molecule has 2 nitrogen and oxygen atoms in total. The molecule has 0 saturated heterocycles. The average Bonchev–Trinajstić information content (AvgIpc) is 2.85. The summed E-state index contributed by atoms with van der Waals surface area (Å²) in [5, 5.41) is 0. The summed E-state index contributed by atoms with van der Waals surface area (Å²) in [6.07, 6.45) is -2.64. The van der Waals surface area contributed by atoms with Gasteiger partial charge in [-0.15, -0.1) is 13.2 Å². The van der Waals surface area contributed by atoms with Crippen molar-refractivity contribution >= 4 is 0 Å². The van der Waals surface area contributed by atoms with Crippen LogP contribution in [0.4, 0.5) is 13.2 Å². The SMILES string of the molecule is FC(F)(F)Oc1c[c]cc(OC2CC2)c1. The van der Waals surface area contributed by atoms with Crippen LogP contribution in [0.1, 0.15) is 12.8 Å². The molecule has 0 heterocycles. The molecule has 1 aromatic carbocycles. The molecule has 0 amide bonds. The largest absolute Gasteiger partial charge is 0.573 e. The Morgan fingerprint density at radius 1 is 1.20 bits per heavy atom. The molecule has 81 valence electrons. The smallest absolute Gasteiger partial charge is 0.490 e. The van der Waals surface area contributed by atoms with Crippen LogP contribution in [0.15, 0.2) is 18.2 Å². The van der Waals surface area contributed by atoms with Crippen molar-refractivity contribution in [3.8, 4) is 11.5 Å². The van der Waals surface area contributed by atoms with Gasteiger partial charge in [-0.2, -0.15) is 0 Å². The van der Waals surface area contributed by atoms with E-state index in [4.69, 9.17) is 4.74 Å². The second-order valence-electron chi connectivity index (χ2n) is 3.27. The van der Waals surface area contributed by atoms with E-state index in [9.17, 15) is 13.2 Å². The predicted octanol–water partition coefficient (Wildman–Crippen LogP) is 2.93. The van der Waals surface area contributed by atoms with E-state index in [1.807, 2.05) is 0 Å². The summed E-state index contributed by atoms with van der Waals surface area (Å²) in [6, 6.07) is 6.35. The number of ether oxygens (including phenoxy) is 2. The van der Waals surface area contributed by atoms with Crippen molar-refractivity contribution in [2.75, 3.05) is 0 Å². The van der Waals surface area contributed by atoms with Gasteiger partial charge in [0.1, 0.15) is 11.5 Å². The molecule has 2 rings (SSSR count). The third-order valence-electron chi connectivity index (χ3n) is 1.80. The van der Waals surface area contributed by atoms with E-state index in [1.165, 1.54) is 12.1 Å². The van der Waals surface area contributed by atoms with E-state index in [2.05, 4.69) is 10.8 Å². The maximum Gasteiger partial charge on any atom is 0.573 e. The Labute approximate surface area is 84.6 Å². The molecule has 1 aliphatic carbocycles. The van der Waals surface area contributed by atoms with Crippen LogP contribution in [0.2, 0.25) is 0 Å². The van der Waals surface area contributed by atoms with E-state index in [0.717, 1.165) is 18.9 Å². The molecule has 0 unspecified atom stereocenters. The third-order valence-corrected chi connectivity index (χ3v) is 1.80. The summed E-state index contributed by atoms with van der Waals surface area (Å²) in [5.74, 6) is 0.0555. The molecule has 0 N–H and O–H groups in total. The Hall–Kier alpha value is -1.39. The monoisotopic (exact) mass is 217 g/mol. The minimum absolute atomic E-state index is 0.138. The van der Waals surface area contributed by atoms with Gasteiger partial charge in [-0.3, -0.25) is 0 Å². The average molecular weight is 217 g/mol. The molecular weight excluding hydrogens is 209 g/mol. The summed E-state index contributed by atoms with van der Waals surface area (Å²) in [4.78, 5) is 0. The number of benzene rings is 1. The minimum Gasteiger partial charge on any atom is -0.490 e. The van der Waals surface area contributed by atoms with E-state index >= 15 is 0 Å². The van der Waals surface area contributed by atoms with Crippen molar-refractivity contribution in [2.45, 2.75) is 25.3 Å². The molecule has 0 bridgehead atoms. The molecule has 0 aromatic heterocycles. The van der Waals surface area contributed by atoms with Gasteiger partial charge in [-0.1, -0.05) is 0 Å². The highest BCUT2D eigenvalue weighted by molar-refractivity contribution is 5.32. The fourth-order valence-corrected chi connectivity index (χ4v) is 1.07. The molecule has 5 heteroatoms. The Morgan fingerprint density at radius 3 is 2.47 bits per heavy atom. The van der Waals surface area contributed by atoms with Gasteiger partial charge in [-0.05, 0) is 31.0 Å². The van der Waals surface area contributed by atoms with Crippen molar-refractivity contribution < 1.29 is 22.6 Å². The zero-order chi connectivity index (χ0) is 10.9. The van der Waals surface area contributed by atoms with Gasteiger partial charge >= 0.3 is 6.36 Å². The van der Waals surface area contributed by atoms with Crippen LogP contribution < -0.4 is 9.47 Å². The van der Waals surface area contributed by atoms with Crippen LogP contribution in [0.25, 0.3) is 0 Å². The fourth-order valence-electron chi connectivity index (χ4n) is 1.07. The van der Waals surface area contributed by atoms with E-state index < -0.39 is 6.36 Å². The van der Waals surface area contributed by atoms with Crippen molar-refractivity contribution in [1.82, 2.24) is 0 Å². The summed E-state index contributed by atoms with van der Waals surface area (Å²) in [5.41, 5.74) is 0. The number of alkyl halides is 3. The minimum atomic E-state index is -4.67. The highest BCUT2D eigenvalue weighted by Crippen LogP contribution is 2.30. The maximum absolute atomic E-state index is 11.9. The van der Waals surface area contributed by atoms with Gasteiger partial charge in [0.15, 0.2) is 0 Å². The molecular formula is C10H8F3O2. The summed E-state index contributed by atoms with van der Waals surface area (Å²) in [6.45, 7) is 0. The summed E-state index contributed by atoms with van der Waals surface area (Å²) in [7, 11) is 0. The number of halogens is 3. The van der Waals surface area contributed by atoms with Gasteiger partial charge < -0.3 is 9.47 Å². The lowest BCUT2D eigenvalue weighted by molar-refractivity contribution is -0.274. The van der Waals surface area contributed by atoms with Gasteiger partial charge in [0.05, 0.1) is 6.10 Å². The second-order valence-corrected chi connectivity index (χ2v) is 3.27. The number of rotatable bonds is 3. The first-order chi connectivity index (χ1) is 7.03. The molecule has 0 aliphatic heterocycles. The highest BCUT2D eigenvalue weighted by Gasteiger charge is 2.31. The lowest BCUT2D eigenvalue weighted by Crippen LogP contribution is -2.17. The Kier molecular flexibility index (Phi) is 2.46. The molecule has 0 atom stereocenters. The van der Waals surface area contributed by atoms with Gasteiger partial charge in [0, 0.05) is 6.07 Å². The summed E-state index contributed by atoms with van der Waals surface area (Å²) >= 11 is 0. The molecule has 1 aromatic rings. The molecule has 1 saturated carbocycles. The van der Waals surface area contributed by atoms with Gasteiger partial charge in [0.2, 0.25) is 0 Å². The van der Waals surface area contributed by atoms with E-state index in [-0.39, 0.29) is 11.9 Å². The Balaban J connectivity index is 2.04. The normalized spacial score (nSPS) is 16.2. The predicted molar refractivity (Wildman–Crippen MR) is 45.6 cm³/mol. The molecule has 1 radical (unpaired) electrons. The molecule has 0 spiro atoms. The first-order valence-electron chi connectivity index (χ1n) is 4.46. The topological polar surface area (TPSA) is 18.5 Å². The third kappa shape index (κ3) is 3.34. The van der Waals surface area contributed by atoms with Crippen LogP contribution in [0.5, 0.6) is 11.5 Å². The molecule has 1 aliphatic rings. The number of hydrogen-bond acceptors (Lipinski definition) is 2. The van der Waals surface area contributed by atoms with Crippen molar-refractivity contribution in [3.63, 3.8) is 0 Å². The lowest BCUT2D eigenvalue weighted by Gasteiger charge is -2.10. The quantitative estimate of drug-likeness (QED) is 0.774. The van der Waals surface area contributed by atoms with Gasteiger partial charge in [0.25, 0.3) is 0 Å². The molecule has 15 heavy (non-hydrogen) atoms. The lowest BCUT2D eigenvalue weighted by atomic mass is 10.3.